The van der Waals surface area contributed by atoms with Gasteiger partial charge in [0.1, 0.15) is 0 Å². The number of anilines is 2. The zero-order valence-electron chi connectivity index (χ0n) is 17.6. The Morgan fingerprint density at radius 1 is 0.765 bits per heavy atom. The maximum atomic E-state index is 12.7. The highest BCUT2D eigenvalue weighted by atomic mass is 16.4. The summed E-state index contributed by atoms with van der Waals surface area (Å²) >= 11 is 0. The molecule has 2 N–H and O–H groups in total. The van der Waals surface area contributed by atoms with Crippen LogP contribution in [0.1, 0.15) is 20.9 Å². The molecule has 2 aromatic heterocycles. The highest BCUT2D eigenvalue weighted by Crippen LogP contribution is 2.22. The first-order valence-electron chi connectivity index (χ1n) is 10.3. The summed E-state index contributed by atoms with van der Waals surface area (Å²) in [6.07, 6.45) is 1.42. The molecular weight excluding hydrogens is 434 g/mol. The highest BCUT2D eigenvalue weighted by Gasteiger charge is 2.12. The highest BCUT2D eigenvalue weighted by molar-refractivity contribution is 6.05. The maximum Gasteiger partial charge on any atom is 0.347 e. The van der Waals surface area contributed by atoms with Crippen LogP contribution in [-0.2, 0) is 0 Å². The minimum absolute atomic E-state index is 0.163. The number of furan rings is 1. The van der Waals surface area contributed by atoms with Crippen molar-refractivity contribution >= 4 is 34.1 Å². The van der Waals surface area contributed by atoms with Gasteiger partial charge in [0.05, 0.1) is 17.2 Å². The lowest BCUT2D eigenvalue weighted by molar-refractivity contribution is 0.0995. The van der Waals surface area contributed by atoms with Crippen LogP contribution in [0.3, 0.4) is 0 Å². The largest absolute Gasteiger partial charge is 0.459 e. The van der Waals surface area contributed by atoms with Crippen molar-refractivity contribution in [2.45, 2.75) is 0 Å². The van der Waals surface area contributed by atoms with Gasteiger partial charge in [0.15, 0.2) is 5.76 Å². The molecule has 0 aliphatic rings. The number of hydrogen-bond acceptors (Lipinski definition) is 6. The summed E-state index contributed by atoms with van der Waals surface area (Å²) in [7, 11) is 0. The zero-order chi connectivity index (χ0) is 23.5. The molecule has 2 heterocycles. The van der Waals surface area contributed by atoms with Gasteiger partial charge in [0.25, 0.3) is 11.8 Å². The van der Waals surface area contributed by atoms with Crippen molar-refractivity contribution in [1.29, 1.82) is 0 Å². The van der Waals surface area contributed by atoms with E-state index in [0.717, 1.165) is 0 Å². The number of para-hydroxylation sites is 1. The summed E-state index contributed by atoms with van der Waals surface area (Å²) in [4.78, 5) is 41.5. The number of nitrogens with one attached hydrogen (secondary N) is 2. The summed E-state index contributed by atoms with van der Waals surface area (Å²) in [5.74, 6) is -0.364. The van der Waals surface area contributed by atoms with E-state index in [1.807, 2.05) is 0 Å². The van der Waals surface area contributed by atoms with Crippen molar-refractivity contribution in [3.63, 3.8) is 0 Å². The first-order chi connectivity index (χ1) is 16.6. The monoisotopic (exact) mass is 451 g/mol. The fourth-order valence-corrected chi connectivity index (χ4v) is 3.38. The molecule has 0 fully saturated rings. The molecule has 8 heteroatoms. The van der Waals surface area contributed by atoms with Gasteiger partial charge in [-0.15, -0.1) is 0 Å². The molecule has 5 aromatic rings. The molecule has 0 bridgehead atoms. The second kappa shape index (κ2) is 8.87. The third-order valence-electron chi connectivity index (χ3n) is 5.05. The minimum atomic E-state index is -0.478. The average Bonchev–Trinajstić information content (AvgIpc) is 3.40. The number of carbonyl (C=O) groups excluding carboxylic acids is 2. The quantitative estimate of drug-likeness (QED) is 0.391. The van der Waals surface area contributed by atoms with E-state index >= 15 is 0 Å². The molecule has 3 aromatic carbocycles. The fraction of sp³-hybridized carbons (Fsp3) is 0. The Balaban J connectivity index is 1.31. The van der Waals surface area contributed by atoms with Crippen molar-refractivity contribution in [3.05, 3.63) is 113 Å². The van der Waals surface area contributed by atoms with Crippen LogP contribution in [0, 0.1) is 0 Å². The Kier molecular flexibility index (Phi) is 5.45. The Morgan fingerprint density at radius 2 is 1.56 bits per heavy atom. The molecule has 0 saturated heterocycles. The van der Waals surface area contributed by atoms with Crippen LogP contribution >= 0.6 is 0 Å². The van der Waals surface area contributed by atoms with Crippen LogP contribution in [0.15, 0.2) is 105 Å². The minimum Gasteiger partial charge on any atom is -0.459 e. The standard InChI is InChI=1S/C26H17N3O5/c30-23(16-10-12-18(13-11-16)27-24(31)22-9-4-14-33-22)28-19-6-3-5-17(15-19)25-29-21-8-2-1-7-20(21)26(32)34-25/h1-15H,(H,27,31)(H,28,30). The van der Waals surface area contributed by atoms with Gasteiger partial charge in [0, 0.05) is 22.5 Å². The predicted molar refractivity (Wildman–Crippen MR) is 127 cm³/mol. The van der Waals surface area contributed by atoms with Crippen molar-refractivity contribution in [2.75, 3.05) is 10.6 Å². The summed E-state index contributed by atoms with van der Waals surface area (Å²) in [6.45, 7) is 0. The normalized spacial score (nSPS) is 10.7. The van der Waals surface area contributed by atoms with E-state index in [2.05, 4.69) is 15.6 Å². The van der Waals surface area contributed by atoms with E-state index in [1.54, 1.807) is 84.9 Å². The van der Waals surface area contributed by atoms with E-state index < -0.39 is 5.63 Å². The smallest absolute Gasteiger partial charge is 0.347 e. The molecule has 0 aliphatic carbocycles. The third kappa shape index (κ3) is 4.33. The lowest BCUT2D eigenvalue weighted by atomic mass is 10.1. The zero-order valence-corrected chi connectivity index (χ0v) is 17.6. The molecule has 2 amide bonds. The molecule has 0 spiro atoms. The molecular formula is C26H17N3O5. The van der Waals surface area contributed by atoms with E-state index in [0.29, 0.717) is 33.4 Å². The molecule has 0 aliphatic heterocycles. The predicted octanol–water partition coefficient (Wildman–Crippen LogP) is 4.95. The van der Waals surface area contributed by atoms with Gasteiger partial charge in [-0.2, -0.15) is 0 Å². The lowest BCUT2D eigenvalue weighted by Crippen LogP contribution is -2.13. The van der Waals surface area contributed by atoms with Crippen molar-refractivity contribution in [3.8, 4) is 11.5 Å². The average molecular weight is 451 g/mol. The maximum absolute atomic E-state index is 12.7. The molecule has 0 atom stereocenters. The summed E-state index contributed by atoms with van der Waals surface area (Å²) in [6, 6.07) is 23.4. The molecule has 5 rings (SSSR count). The molecule has 0 saturated carbocycles. The van der Waals surface area contributed by atoms with Crippen molar-refractivity contribution < 1.29 is 18.4 Å². The fourth-order valence-electron chi connectivity index (χ4n) is 3.38. The Hall–Kier alpha value is -4.98. The third-order valence-corrected chi connectivity index (χ3v) is 5.05. The first-order valence-corrected chi connectivity index (χ1v) is 10.3. The van der Waals surface area contributed by atoms with Crippen molar-refractivity contribution in [2.24, 2.45) is 0 Å². The second-order valence-electron chi connectivity index (χ2n) is 7.37. The van der Waals surface area contributed by atoms with Gasteiger partial charge in [-0.25, -0.2) is 9.78 Å². The van der Waals surface area contributed by atoms with Gasteiger partial charge in [-0.3, -0.25) is 9.59 Å². The van der Waals surface area contributed by atoms with E-state index in [9.17, 15) is 14.4 Å². The van der Waals surface area contributed by atoms with Crippen LogP contribution in [-0.4, -0.2) is 16.8 Å². The van der Waals surface area contributed by atoms with Crippen LogP contribution in [0.25, 0.3) is 22.4 Å². The molecule has 8 nitrogen and oxygen atoms in total. The summed E-state index contributed by atoms with van der Waals surface area (Å²) in [5, 5.41) is 5.91. The molecule has 166 valence electrons. The number of nitrogens with zero attached hydrogens (tertiary/aromatic N) is 1. The second-order valence-corrected chi connectivity index (χ2v) is 7.37. The number of amides is 2. The van der Waals surface area contributed by atoms with Crippen molar-refractivity contribution in [1.82, 2.24) is 4.98 Å². The molecule has 0 radical (unpaired) electrons. The first kappa shape index (κ1) is 20.9. The number of benzene rings is 3. The van der Waals surface area contributed by atoms with Crippen LogP contribution < -0.4 is 16.3 Å². The van der Waals surface area contributed by atoms with E-state index in [-0.39, 0.29) is 23.5 Å². The lowest BCUT2D eigenvalue weighted by Gasteiger charge is -2.08. The topological polar surface area (TPSA) is 114 Å². The summed E-state index contributed by atoms with van der Waals surface area (Å²) in [5.41, 5.74) is 2.04. The Bertz CT molecular complexity index is 1550. The number of rotatable bonds is 5. The van der Waals surface area contributed by atoms with E-state index in [1.165, 1.54) is 6.26 Å². The van der Waals surface area contributed by atoms with Crippen LogP contribution in [0.5, 0.6) is 0 Å². The van der Waals surface area contributed by atoms with Gasteiger partial charge in [-0.05, 0) is 66.7 Å². The van der Waals surface area contributed by atoms with Crippen LogP contribution in [0.4, 0.5) is 11.4 Å². The van der Waals surface area contributed by atoms with Gasteiger partial charge in [0.2, 0.25) is 5.89 Å². The number of aromatic nitrogens is 1. The Morgan fingerprint density at radius 3 is 2.35 bits per heavy atom. The van der Waals surface area contributed by atoms with Crippen LogP contribution in [0.2, 0.25) is 0 Å². The number of hydrogen-bond donors (Lipinski definition) is 2. The Labute approximate surface area is 192 Å². The van der Waals surface area contributed by atoms with Gasteiger partial charge in [-0.1, -0.05) is 18.2 Å². The van der Waals surface area contributed by atoms with Gasteiger partial charge >= 0.3 is 5.63 Å². The molecule has 34 heavy (non-hydrogen) atoms. The van der Waals surface area contributed by atoms with Gasteiger partial charge < -0.3 is 19.5 Å². The van der Waals surface area contributed by atoms with E-state index in [4.69, 9.17) is 8.83 Å². The number of carbonyl (C=O) groups is 2. The SMILES string of the molecule is O=C(Nc1cccc(-c2nc3ccccc3c(=O)o2)c1)c1ccc(NC(=O)c2ccco2)cc1. The number of fused-ring (bicyclic) bond motifs is 1. The summed E-state index contributed by atoms with van der Waals surface area (Å²) < 4.78 is 10.4. The molecule has 0 unspecified atom stereocenters.